The molecule has 2 fully saturated rings. The van der Waals surface area contributed by atoms with Crippen LogP contribution in [-0.4, -0.2) is 66.8 Å². The largest absolute Gasteiger partial charge is 0.405 e. The van der Waals surface area contributed by atoms with Crippen molar-refractivity contribution in [1.29, 1.82) is 0 Å². The van der Waals surface area contributed by atoms with Crippen molar-refractivity contribution in [2.45, 2.75) is 55.4 Å². The molecule has 1 saturated carbocycles. The van der Waals surface area contributed by atoms with Crippen LogP contribution >= 0.6 is 0 Å². The van der Waals surface area contributed by atoms with E-state index in [0.29, 0.717) is 25.7 Å². The van der Waals surface area contributed by atoms with Gasteiger partial charge in [0.25, 0.3) is 0 Å². The number of aliphatic hydroxyl groups excluding tert-OH is 1. The highest BCUT2D eigenvalue weighted by Gasteiger charge is 2.43. The zero-order valence-electron chi connectivity index (χ0n) is 22.1. The number of piperazine rings is 1. The van der Waals surface area contributed by atoms with Crippen molar-refractivity contribution in [3.05, 3.63) is 54.1 Å². The summed E-state index contributed by atoms with van der Waals surface area (Å²) >= 11 is 0. The first-order valence-electron chi connectivity index (χ1n) is 13.4. The molecule has 2 aliphatic rings. The number of carbonyl (C=O) groups excluding carboxylic acids is 1. The Kier molecular flexibility index (Phi) is 7.97. The number of aryl methyl sites for hydroxylation is 1. The summed E-state index contributed by atoms with van der Waals surface area (Å²) in [6.45, 7) is -0.115. The van der Waals surface area contributed by atoms with Crippen LogP contribution in [-0.2, 0) is 28.5 Å². The standard InChI is InChI=1S/C28H33F3N4O4S/c1-34-24(19-4-2-18(17-36)3-5-19)14-21-8-11-23(15-25(21)34)40(38,39)33-22-9-6-20(7-10-22)27(37)35-13-12-32-26(16-35)28(29,30)31/h2-5,8,11,14-15,20,22,26,32-33,36H,6-7,9-10,12-13,16-17H2,1H3/t20-,22-,26-/m1/s1. The first-order valence-corrected chi connectivity index (χ1v) is 14.9. The number of hydrogen-bond acceptors (Lipinski definition) is 5. The van der Waals surface area contributed by atoms with Gasteiger partial charge in [-0.1, -0.05) is 30.3 Å². The predicted molar refractivity (Wildman–Crippen MR) is 145 cm³/mol. The van der Waals surface area contributed by atoms with Crippen LogP contribution in [0.4, 0.5) is 13.2 Å². The molecule has 1 amide bonds. The Bertz CT molecular complexity index is 1480. The molecule has 0 spiro atoms. The molecule has 2 heterocycles. The summed E-state index contributed by atoms with van der Waals surface area (Å²) in [5.74, 6) is -0.689. The van der Waals surface area contributed by atoms with Gasteiger partial charge < -0.3 is 19.9 Å². The zero-order valence-corrected chi connectivity index (χ0v) is 22.9. The van der Waals surface area contributed by atoms with E-state index in [1.165, 1.54) is 4.90 Å². The third kappa shape index (κ3) is 5.90. The summed E-state index contributed by atoms with van der Waals surface area (Å²) in [5, 5.41) is 12.6. The number of aromatic nitrogens is 1. The average Bonchev–Trinajstić information content (AvgIpc) is 3.28. The van der Waals surface area contributed by atoms with Gasteiger partial charge in [-0.25, -0.2) is 13.1 Å². The Morgan fingerprint density at radius 2 is 1.77 bits per heavy atom. The minimum atomic E-state index is -4.41. The van der Waals surface area contributed by atoms with E-state index in [0.717, 1.165) is 27.7 Å². The van der Waals surface area contributed by atoms with Gasteiger partial charge >= 0.3 is 6.18 Å². The van der Waals surface area contributed by atoms with E-state index in [1.807, 2.05) is 41.9 Å². The Morgan fingerprint density at radius 1 is 1.07 bits per heavy atom. The van der Waals surface area contributed by atoms with Crippen LogP contribution in [0.25, 0.3) is 22.2 Å². The van der Waals surface area contributed by atoms with Gasteiger partial charge in [-0.2, -0.15) is 13.2 Å². The zero-order chi connectivity index (χ0) is 28.7. The van der Waals surface area contributed by atoms with E-state index >= 15 is 0 Å². The SMILES string of the molecule is Cn1c(-c2ccc(CO)cc2)cc2ccc(S(=O)(=O)N[C@H]3CC[C@H](C(=O)N4CCN[C@@H](C(F)(F)F)C4)CC3)cc21. The van der Waals surface area contributed by atoms with Crippen molar-refractivity contribution in [3.8, 4) is 11.3 Å². The number of alkyl halides is 3. The molecule has 1 aliphatic heterocycles. The van der Waals surface area contributed by atoms with Gasteiger partial charge in [0.2, 0.25) is 15.9 Å². The van der Waals surface area contributed by atoms with Crippen LogP contribution in [0.2, 0.25) is 0 Å². The lowest BCUT2D eigenvalue weighted by molar-refractivity contribution is -0.169. The van der Waals surface area contributed by atoms with Gasteiger partial charge in [0.15, 0.2) is 0 Å². The van der Waals surface area contributed by atoms with Crippen molar-refractivity contribution in [2.75, 3.05) is 19.6 Å². The number of halogens is 3. The second-order valence-corrected chi connectivity index (χ2v) is 12.4. The van der Waals surface area contributed by atoms with Crippen LogP contribution in [0.5, 0.6) is 0 Å². The third-order valence-electron chi connectivity index (χ3n) is 8.04. The van der Waals surface area contributed by atoms with Gasteiger partial charge in [0.05, 0.1) is 11.5 Å². The van der Waals surface area contributed by atoms with Crippen LogP contribution in [0.3, 0.4) is 0 Å². The fourth-order valence-corrected chi connectivity index (χ4v) is 7.03. The number of nitrogens with one attached hydrogen (secondary N) is 2. The molecule has 0 radical (unpaired) electrons. The lowest BCUT2D eigenvalue weighted by Crippen LogP contribution is -2.59. The molecule has 3 N–H and O–H groups in total. The molecule has 1 aromatic heterocycles. The highest BCUT2D eigenvalue weighted by molar-refractivity contribution is 7.89. The molecule has 0 unspecified atom stereocenters. The Hall–Kier alpha value is -2.93. The van der Waals surface area contributed by atoms with Crippen molar-refractivity contribution in [2.24, 2.45) is 13.0 Å². The molecule has 0 bridgehead atoms. The molecular weight excluding hydrogens is 545 g/mol. The molecule has 40 heavy (non-hydrogen) atoms. The van der Waals surface area contributed by atoms with Crippen molar-refractivity contribution in [3.63, 3.8) is 0 Å². The van der Waals surface area contributed by atoms with E-state index < -0.39 is 34.7 Å². The van der Waals surface area contributed by atoms with Crippen LogP contribution < -0.4 is 10.0 Å². The van der Waals surface area contributed by atoms with Gasteiger partial charge in [-0.05, 0) is 55.0 Å². The number of amides is 1. The number of hydrogen-bond donors (Lipinski definition) is 3. The first kappa shape index (κ1) is 28.6. The minimum Gasteiger partial charge on any atom is -0.392 e. The predicted octanol–water partition coefficient (Wildman–Crippen LogP) is 3.54. The van der Waals surface area contributed by atoms with E-state index in [4.69, 9.17) is 0 Å². The van der Waals surface area contributed by atoms with E-state index in [2.05, 4.69) is 10.0 Å². The fraction of sp³-hybridized carbons (Fsp3) is 0.464. The number of benzene rings is 2. The maximum atomic E-state index is 13.3. The smallest absolute Gasteiger partial charge is 0.392 e. The molecule has 3 aromatic rings. The highest BCUT2D eigenvalue weighted by Crippen LogP contribution is 2.31. The Labute approximate surface area is 231 Å². The third-order valence-corrected chi connectivity index (χ3v) is 9.56. The highest BCUT2D eigenvalue weighted by atomic mass is 32.2. The quantitative estimate of drug-likeness (QED) is 0.415. The number of rotatable bonds is 6. The number of carbonyl (C=O) groups is 1. The average molecular weight is 579 g/mol. The second kappa shape index (κ2) is 11.2. The molecule has 5 rings (SSSR count). The van der Waals surface area contributed by atoms with Crippen molar-refractivity contribution in [1.82, 2.24) is 19.5 Å². The normalized spacial score (nSPS) is 22.5. The molecule has 2 aromatic carbocycles. The van der Waals surface area contributed by atoms with Crippen LogP contribution in [0.1, 0.15) is 31.2 Å². The maximum Gasteiger partial charge on any atom is 0.405 e. The Balaban J connectivity index is 1.23. The lowest BCUT2D eigenvalue weighted by atomic mass is 9.85. The summed E-state index contributed by atoms with van der Waals surface area (Å²) in [7, 11) is -1.96. The summed E-state index contributed by atoms with van der Waals surface area (Å²) in [5.41, 5.74) is 3.42. The summed E-state index contributed by atoms with van der Waals surface area (Å²) in [4.78, 5) is 14.3. The molecule has 1 saturated heterocycles. The lowest BCUT2D eigenvalue weighted by Gasteiger charge is -2.38. The number of nitrogens with zero attached hydrogens (tertiary/aromatic N) is 2. The number of aliphatic hydroxyl groups is 1. The molecule has 216 valence electrons. The van der Waals surface area contributed by atoms with Crippen molar-refractivity contribution < 1.29 is 31.5 Å². The van der Waals surface area contributed by atoms with Gasteiger partial charge in [0.1, 0.15) is 6.04 Å². The van der Waals surface area contributed by atoms with E-state index in [1.54, 1.807) is 18.2 Å². The molecular formula is C28H33F3N4O4S. The van der Waals surface area contributed by atoms with Crippen LogP contribution in [0, 0.1) is 5.92 Å². The van der Waals surface area contributed by atoms with Gasteiger partial charge in [0, 0.05) is 55.2 Å². The summed E-state index contributed by atoms with van der Waals surface area (Å²) in [6.07, 6.45) is -2.70. The first-order chi connectivity index (χ1) is 19.0. The van der Waals surface area contributed by atoms with E-state index in [-0.39, 0.29) is 36.5 Å². The topological polar surface area (TPSA) is 104 Å². The monoisotopic (exact) mass is 578 g/mol. The van der Waals surface area contributed by atoms with Crippen LogP contribution in [0.15, 0.2) is 53.4 Å². The summed E-state index contributed by atoms with van der Waals surface area (Å²) in [6, 6.07) is 12.4. The number of fused-ring (bicyclic) bond motifs is 1. The molecule has 1 atom stereocenters. The second-order valence-electron chi connectivity index (χ2n) is 10.7. The van der Waals surface area contributed by atoms with E-state index in [9.17, 15) is 31.5 Å². The number of sulfonamides is 1. The van der Waals surface area contributed by atoms with Gasteiger partial charge in [-0.15, -0.1) is 0 Å². The summed E-state index contributed by atoms with van der Waals surface area (Å²) < 4.78 is 70.5. The Morgan fingerprint density at radius 3 is 2.42 bits per heavy atom. The van der Waals surface area contributed by atoms with Gasteiger partial charge in [-0.3, -0.25) is 4.79 Å². The minimum absolute atomic E-state index is 0.0416. The molecule has 12 heteroatoms. The van der Waals surface area contributed by atoms with Crippen molar-refractivity contribution >= 4 is 26.8 Å². The molecule has 8 nitrogen and oxygen atoms in total. The molecule has 1 aliphatic carbocycles. The fourth-order valence-electron chi connectivity index (χ4n) is 5.71. The maximum absolute atomic E-state index is 13.3.